The Kier molecular flexibility index (Phi) is 2.97. The van der Waals surface area contributed by atoms with Gasteiger partial charge in [0.15, 0.2) is 0 Å². The number of nitrogens with zero attached hydrogens (tertiary/aromatic N) is 1. The highest BCUT2D eigenvalue weighted by Crippen LogP contribution is 2.32. The zero-order valence-electron chi connectivity index (χ0n) is 9.51. The average molecular weight is 299 g/mol. The minimum absolute atomic E-state index is 0.0145. The molecule has 0 N–H and O–H groups in total. The molecule has 0 bridgehead atoms. The summed E-state index contributed by atoms with van der Waals surface area (Å²) in [5, 5.41) is 1.70. The van der Waals surface area contributed by atoms with Crippen molar-refractivity contribution in [3.63, 3.8) is 0 Å². The summed E-state index contributed by atoms with van der Waals surface area (Å²) in [7, 11) is 0. The van der Waals surface area contributed by atoms with Crippen molar-refractivity contribution in [2.75, 3.05) is 0 Å². The number of rotatable bonds is 0. The number of aromatic nitrogens is 1. The maximum atomic E-state index is 6.23. The quantitative estimate of drug-likeness (QED) is 0.627. The van der Waals surface area contributed by atoms with E-state index in [9.17, 15) is 0 Å². The summed E-state index contributed by atoms with van der Waals surface area (Å²) in [5.74, 6) is 0. The first-order valence-electron chi connectivity index (χ1n) is 5.15. The van der Waals surface area contributed by atoms with E-state index in [0.717, 1.165) is 20.9 Å². The lowest BCUT2D eigenvalue weighted by atomic mass is 9.87. The fourth-order valence-electron chi connectivity index (χ4n) is 1.67. The van der Waals surface area contributed by atoms with E-state index in [0.29, 0.717) is 5.15 Å². The molecule has 0 aliphatic carbocycles. The highest BCUT2D eigenvalue weighted by molar-refractivity contribution is 9.10. The molecule has 2 rings (SSSR count). The number of benzene rings is 1. The van der Waals surface area contributed by atoms with Crippen molar-refractivity contribution >= 4 is 38.4 Å². The van der Waals surface area contributed by atoms with Gasteiger partial charge in [-0.15, -0.1) is 0 Å². The van der Waals surface area contributed by atoms with Crippen LogP contribution in [0.15, 0.2) is 28.7 Å². The van der Waals surface area contributed by atoms with Gasteiger partial charge in [-0.05, 0) is 39.0 Å². The molecule has 0 atom stereocenters. The van der Waals surface area contributed by atoms with Gasteiger partial charge in [0.25, 0.3) is 0 Å². The summed E-state index contributed by atoms with van der Waals surface area (Å²) in [4.78, 5) is 4.46. The molecule has 0 unspecified atom stereocenters. The number of halogens is 2. The Labute approximate surface area is 109 Å². The molecule has 3 heteroatoms. The lowest BCUT2D eigenvalue weighted by Crippen LogP contribution is -2.12. The van der Waals surface area contributed by atoms with Crippen LogP contribution in [-0.4, -0.2) is 4.98 Å². The minimum atomic E-state index is 0.0145. The number of fused-ring (bicyclic) bond motifs is 1. The Balaban J connectivity index is 2.78. The van der Waals surface area contributed by atoms with Gasteiger partial charge >= 0.3 is 0 Å². The van der Waals surface area contributed by atoms with E-state index < -0.39 is 0 Å². The van der Waals surface area contributed by atoms with Crippen molar-refractivity contribution in [3.8, 4) is 0 Å². The van der Waals surface area contributed by atoms with Gasteiger partial charge < -0.3 is 0 Å². The van der Waals surface area contributed by atoms with Crippen LogP contribution in [0.3, 0.4) is 0 Å². The van der Waals surface area contributed by atoms with Gasteiger partial charge in [0.2, 0.25) is 0 Å². The van der Waals surface area contributed by atoms with Crippen molar-refractivity contribution in [2.24, 2.45) is 0 Å². The molecule has 0 saturated heterocycles. The first-order valence-corrected chi connectivity index (χ1v) is 6.32. The zero-order chi connectivity index (χ0) is 11.9. The van der Waals surface area contributed by atoms with E-state index in [-0.39, 0.29) is 5.41 Å². The molecule has 1 nitrogen and oxygen atoms in total. The average Bonchev–Trinajstić information content (AvgIpc) is 2.17. The topological polar surface area (TPSA) is 12.9 Å². The van der Waals surface area contributed by atoms with Crippen molar-refractivity contribution in [1.82, 2.24) is 4.98 Å². The Morgan fingerprint density at radius 2 is 1.94 bits per heavy atom. The highest BCUT2D eigenvalue weighted by Gasteiger charge is 2.19. The second-order valence-corrected chi connectivity index (χ2v) is 6.10. The molecular weight excluding hydrogens is 286 g/mol. The van der Waals surface area contributed by atoms with E-state index >= 15 is 0 Å². The molecule has 84 valence electrons. The number of hydrogen-bond acceptors (Lipinski definition) is 1. The summed E-state index contributed by atoms with van der Waals surface area (Å²) in [6.07, 6.45) is 0. The lowest BCUT2D eigenvalue weighted by Gasteiger charge is -2.20. The normalized spacial score (nSPS) is 12.1. The molecule has 1 aromatic carbocycles. The van der Waals surface area contributed by atoms with Crippen LogP contribution in [0.5, 0.6) is 0 Å². The van der Waals surface area contributed by atoms with Gasteiger partial charge in [-0.1, -0.05) is 44.5 Å². The maximum absolute atomic E-state index is 6.23. The number of para-hydroxylation sites is 1. The predicted octanol–water partition coefficient (Wildman–Crippen LogP) is 4.95. The van der Waals surface area contributed by atoms with Crippen LogP contribution in [0.2, 0.25) is 5.15 Å². The minimum Gasteiger partial charge on any atom is -0.235 e. The van der Waals surface area contributed by atoms with E-state index in [4.69, 9.17) is 11.6 Å². The fraction of sp³-hybridized carbons (Fsp3) is 0.308. The molecule has 0 aliphatic heterocycles. The molecule has 0 aliphatic rings. The summed E-state index contributed by atoms with van der Waals surface area (Å²) < 4.78 is 0.979. The molecule has 0 amide bonds. The molecular formula is C13H13BrClN. The Morgan fingerprint density at radius 3 is 2.56 bits per heavy atom. The third kappa shape index (κ3) is 2.09. The first-order chi connectivity index (χ1) is 7.39. The van der Waals surface area contributed by atoms with E-state index in [2.05, 4.69) is 53.8 Å². The number of hydrogen-bond donors (Lipinski definition) is 0. The largest absolute Gasteiger partial charge is 0.235 e. The van der Waals surface area contributed by atoms with E-state index in [1.54, 1.807) is 0 Å². The molecule has 0 saturated carbocycles. The van der Waals surface area contributed by atoms with E-state index in [1.165, 1.54) is 0 Å². The smallest absolute Gasteiger partial charge is 0.133 e. The van der Waals surface area contributed by atoms with Crippen LogP contribution in [0.4, 0.5) is 0 Å². The summed E-state index contributed by atoms with van der Waals surface area (Å²) >= 11 is 9.71. The molecule has 16 heavy (non-hydrogen) atoms. The Bertz CT molecular complexity index is 543. The second kappa shape index (κ2) is 4.01. The lowest BCUT2D eigenvalue weighted by molar-refractivity contribution is 0.589. The van der Waals surface area contributed by atoms with Crippen LogP contribution in [0.1, 0.15) is 26.3 Å². The van der Waals surface area contributed by atoms with Crippen LogP contribution in [0, 0.1) is 0 Å². The standard InChI is InChI=1S/C13H13BrClN/c1-13(2,3)9-7-8-5-4-6-10(14)11(8)16-12(9)15/h4-7H,1-3H3. The van der Waals surface area contributed by atoms with Crippen molar-refractivity contribution in [2.45, 2.75) is 26.2 Å². The summed E-state index contributed by atoms with van der Waals surface area (Å²) in [6.45, 7) is 6.42. The van der Waals surface area contributed by atoms with Gasteiger partial charge in [-0.25, -0.2) is 4.98 Å². The van der Waals surface area contributed by atoms with Crippen molar-refractivity contribution in [3.05, 3.63) is 39.5 Å². The van der Waals surface area contributed by atoms with E-state index in [1.807, 2.05) is 12.1 Å². The van der Waals surface area contributed by atoms with Crippen molar-refractivity contribution < 1.29 is 0 Å². The molecule has 0 radical (unpaired) electrons. The van der Waals surface area contributed by atoms with Crippen LogP contribution in [-0.2, 0) is 5.41 Å². The zero-order valence-corrected chi connectivity index (χ0v) is 11.9. The maximum Gasteiger partial charge on any atom is 0.133 e. The van der Waals surface area contributed by atoms with Crippen LogP contribution in [0.25, 0.3) is 10.9 Å². The van der Waals surface area contributed by atoms with Gasteiger partial charge in [0.05, 0.1) is 5.52 Å². The third-order valence-electron chi connectivity index (χ3n) is 2.56. The summed E-state index contributed by atoms with van der Waals surface area (Å²) in [5.41, 5.74) is 2.01. The first kappa shape index (κ1) is 11.9. The van der Waals surface area contributed by atoms with Crippen molar-refractivity contribution in [1.29, 1.82) is 0 Å². The number of pyridine rings is 1. The predicted molar refractivity (Wildman–Crippen MR) is 73.2 cm³/mol. The Morgan fingerprint density at radius 1 is 1.25 bits per heavy atom. The molecule has 1 heterocycles. The highest BCUT2D eigenvalue weighted by atomic mass is 79.9. The molecule has 1 aromatic heterocycles. The van der Waals surface area contributed by atoms with Crippen LogP contribution < -0.4 is 0 Å². The van der Waals surface area contributed by atoms with Gasteiger partial charge in [-0.3, -0.25) is 0 Å². The van der Waals surface area contributed by atoms with Gasteiger partial charge in [-0.2, -0.15) is 0 Å². The van der Waals surface area contributed by atoms with Gasteiger partial charge in [0, 0.05) is 9.86 Å². The van der Waals surface area contributed by atoms with Crippen LogP contribution >= 0.6 is 27.5 Å². The van der Waals surface area contributed by atoms with Gasteiger partial charge in [0.1, 0.15) is 5.15 Å². The molecule has 0 spiro atoms. The second-order valence-electron chi connectivity index (χ2n) is 4.89. The molecule has 2 aromatic rings. The monoisotopic (exact) mass is 297 g/mol. The Hall–Kier alpha value is -0.600. The SMILES string of the molecule is CC(C)(C)c1cc2cccc(Br)c2nc1Cl. The molecule has 0 fully saturated rings. The summed E-state index contributed by atoms with van der Waals surface area (Å²) in [6, 6.07) is 8.16. The third-order valence-corrected chi connectivity index (χ3v) is 3.49. The fourth-order valence-corrected chi connectivity index (χ4v) is 2.56.